The van der Waals surface area contributed by atoms with Gasteiger partial charge in [0.2, 0.25) is 0 Å². The number of amides is 2. The number of likely N-dealkylation sites (N-methyl/N-ethyl adjacent to an activating group) is 1. The minimum atomic E-state index is -1.03. The fraction of sp³-hybridized carbons (Fsp3) is 0.615. The number of rotatable bonds is 6. The number of pyridine rings is 1. The van der Waals surface area contributed by atoms with Crippen molar-refractivity contribution in [3.63, 3.8) is 0 Å². The lowest BCUT2D eigenvalue weighted by molar-refractivity contribution is 0.0367. The number of aliphatic hydroxyl groups is 1. The predicted molar refractivity (Wildman–Crippen MR) is 139 cm³/mol. The van der Waals surface area contributed by atoms with Crippen LogP contribution in [0.25, 0.3) is 10.4 Å². The molecule has 35 heavy (non-hydrogen) atoms. The maximum Gasteiger partial charge on any atom is 0.282 e. The number of aryl methyl sites for hydroxylation is 1. The van der Waals surface area contributed by atoms with E-state index in [9.17, 15) is 14.7 Å². The molecule has 0 radical (unpaired) electrons. The summed E-state index contributed by atoms with van der Waals surface area (Å²) < 4.78 is 0. The Labute approximate surface area is 211 Å². The molecule has 2 N–H and O–H groups in total. The summed E-state index contributed by atoms with van der Waals surface area (Å²) in [7, 11) is 1.64. The fourth-order valence-electron chi connectivity index (χ4n) is 5.17. The number of carbonyl (C=O) groups is 2. The molecule has 2 aliphatic rings. The van der Waals surface area contributed by atoms with Gasteiger partial charge in [-0.25, -0.2) is 9.97 Å². The molecule has 2 saturated heterocycles. The average molecular weight is 500 g/mol. The third kappa shape index (κ3) is 5.51. The van der Waals surface area contributed by atoms with E-state index in [2.05, 4.69) is 36.1 Å². The van der Waals surface area contributed by atoms with E-state index in [-0.39, 0.29) is 41.0 Å². The molecule has 2 amide bonds. The number of hydrogen-bond acceptors (Lipinski definition) is 7. The van der Waals surface area contributed by atoms with Crippen molar-refractivity contribution in [2.24, 2.45) is 0 Å². The highest BCUT2D eigenvalue weighted by atomic mass is 32.1. The largest absolute Gasteiger partial charge is 0.389 e. The van der Waals surface area contributed by atoms with Gasteiger partial charge in [-0.2, -0.15) is 0 Å². The Bertz CT molecular complexity index is 1110. The minimum absolute atomic E-state index is 0.0956. The van der Waals surface area contributed by atoms with Crippen molar-refractivity contribution in [1.29, 1.82) is 0 Å². The molecule has 0 unspecified atom stereocenters. The van der Waals surface area contributed by atoms with Gasteiger partial charge in [0.25, 0.3) is 11.8 Å². The number of fused-ring (bicyclic) bond motifs is 2. The quantitative estimate of drug-likeness (QED) is 0.614. The lowest BCUT2D eigenvalue weighted by Gasteiger charge is -2.24. The lowest BCUT2D eigenvalue weighted by Crippen LogP contribution is -2.39. The predicted octanol–water partition coefficient (Wildman–Crippen LogP) is 4.33. The summed E-state index contributed by atoms with van der Waals surface area (Å²) in [6, 6.07) is 2.49. The first kappa shape index (κ1) is 25.6. The Balaban J connectivity index is 1.74. The van der Waals surface area contributed by atoms with Crippen molar-refractivity contribution >= 4 is 29.0 Å². The standard InChI is InChI=1S/C26H37N5O3S/c1-15-12-19(29-25(2,3)4)27-13-18(15)21-20(23(32)31-16-8-9-17(31)11-10-16)28-22(35-21)24(33)30(7)14-26(5,6)34/h12-13,16-17,34H,8-11,14H2,1-7H3,(H,27,29). The van der Waals surface area contributed by atoms with Crippen LogP contribution in [0.5, 0.6) is 0 Å². The number of nitrogens with zero attached hydrogens (tertiary/aromatic N) is 4. The maximum absolute atomic E-state index is 13.8. The van der Waals surface area contributed by atoms with Gasteiger partial charge in [-0.1, -0.05) is 0 Å². The summed E-state index contributed by atoms with van der Waals surface area (Å²) in [4.78, 5) is 40.3. The highest BCUT2D eigenvalue weighted by Gasteiger charge is 2.44. The molecule has 0 saturated carbocycles. The number of thiazole rings is 1. The van der Waals surface area contributed by atoms with Crippen LogP contribution in [0, 0.1) is 6.92 Å². The van der Waals surface area contributed by atoms with Gasteiger partial charge in [-0.3, -0.25) is 9.59 Å². The summed E-state index contributed by atoms with van der Waals surface area (Å²) in [6.07, 6.45) is 5.89. The molecule has 0 atom stereocenters. The molecule has 2 aliphatic heterocycles. The molecule has 0 aliphatic carbocycles. The summed E-state index contributed by atoms with van der Waals surface area (Å²) in [5, 5.41) is 13.8. The van der Waals surface area contributed by atoms with Crippen molar-refractivity contribution in [3.8, 4) is 10.4 Å². The Kier molecular flexibility index (Phi) is 6.70. The Morgan fingerprint density at radius 1 is 1.17 bits per heavy atom. The van der Waals surface area contributed by atoms with Crippen LogP contribution >= 0.6 is 11.3 Å². The molecule has 9 heteroatoms. The first-order valence-electron chi connectivity index (χ1n) is 12.3. The Morgan fingerprint density at radius 2 is 1.77 bits per heavy atom. The molecule has 2 aromatic rings. The molecule has 2 fully saturated rings. The van der Waals surface area contributed by atoms with Crippen molar-refractivity contribution < 1.29 is 14.7 Å². The van der Waals surface area contributed by atoms with Crippen LogP contribution in [0.4, 0.5) is 5.82 Å². The molecule has 8 nitrogen and oxygen atoms in total. The number of carbonyl (C=O) groups excluding carboxylic acids is 2. The van der Waals surface area contributed by atoms with E-state index in [1.165, 1.54) is 16.2 Å². The topological polar surface area (TPSA) is 98.7 Å². The normalized spacial score (nSPS) is 19.8. The molecule has 4 heterocycles. The van der Waals surface area contributed by atoms with Crippen LogP contribution in [-0.4, -0.2) is 73.5 Å². The maximum atomic E-state index is 13.8. The summed E-state index contributed by atoms with van der Waals surface area (Å²) >= 11 is 1.23. The van der Waals surface area contributed by atoms with Crippen LogP contribution in [0.15, 0.2) is 12.3 Å². The van der Waals surface area contributed by atoms with Gasteiger partial charge >= 0.3 is 0 Å². The van der Waals surface area contributed by atoms with E-state index in [0.717, 1.165) is 42.6 Å². The van der Waals surface area contributed by atoms with Gasteiger partial charge in [0.15, 0.2) is 5.01 Å². The Hall–Kier alpha value is -2.52. The first-order chi connectivity index (χ1) is 16.2. The van der Waals surface area contributed by atoms with E-state index in [4.69, 9.17) is 0 Å². The molecule has 2 aromatic heterocycles. The van der Waals surface area contributed by atoms with Crippen molar-refractivity contribution in [2.45, 2.75) is 90.4 Å². The van der Waals surface area contributed by atoms with Crippen LogP contribution in [0.2, 0.25) is 0 Å². The van der Waals surface area contributed by atoms with Crippen molar-refractivity contribution in [1.82, 2.24) is 19.8 Å². The van der Waals surface area contributed by atoms with E-state index in [0.29, 0.717) is 10.6 Å². The molecular formula is C26H37N5O3S. The number of aromatic nitrogens is 2. The fourth-order valence-corrected chi connectivity index (χ4v) is 6.29. The van der Waals surface area contributed by atoms with Crippen LogP contribution in [0.1, 0.15) is 86.2 Å². The summed E-state index contributed by atoms with van der Waals surface area (Å²) in [5.74, 6) is 0.357. The zero-order valence-electron chi connectivity index (χ0n) is 21.8. The van der Waals surface area contributed by atoms with Crippen molar-refractivity contribution in [3.05, 3.63) is 28.5 Å². The number of hydrogen-bond donors (Lipinski definition) is 2. The van der Waals surface area contributed by atoms with E-state index < -0.39 is 5.60 Å². The zero-order valence-corrected chi connectivity index (χ0v) is 22.6. The average Bonchev–Trinajstić information content (AvgIpc) is 3.45. The first-order valence-corrected chi connectivity index (χ1v) is 13.1. The van der Waals surface area contributed by atoms with Gasteiger partial charge in [0.1, 0.15) is 11.5 Å². The molecule has 4 rings (SSSR count). The van der Waals surface area contributed by atoms with Gasteiger partial charge in [0, 0.05) is 43.0 Å². The monoisotopic (exact) mass is 499 g/mol. The zero-order chi connectivity index (χ0) is 25.7. The summed E-state index contributed by atoms with van der Waals surface area (Å²) in [6.45, 7) is 11.7. The van der Waals surface area contributed by atoms with Crippen LogP contribution in [0.3, 0.4) is 0 Å². The van der Waals surface area contributed by atoms with Crippen LogP contribution in [-0.2, 0) is 0 Å². The molecule has 190 valence electrons. The molecule has 0 aromatic carbocycles. The minimum Gasteiger partial charge on any atom is -0.389 e. The summed E-state index contributed by atoms with van der Waals surface area (Å²) in [5.41, 5.74) is 0.926. The highest BCUT2D eigenvalue weighted by molar-refractivity contribution is 7.17. The number of nitrogens with one attached hydrogen (secondary N) is 1. The lowest BCUT2D eigenvalue weighted by atomic mass is 10.0. The molecule has 0 spiro atoms. The third-order valence-corrected chi connectivity index (χ3v) is 7.61. The van der Waals surface area contributed by atoms with Gasteiger partial charge < -0.3 is 20.2 Å². The van der Waals surface area contributed by atoms with Gasteiger partial charge in [-0.05, 0) is 78.9 Å². The Morgan fingerprint density at radius 3 is 2.29 bits per heavy atom. The number of anilines is 1. The third-order valence-electron chi connectivity index (χ3n) is 6.53. The SMILES string of the molecule is Cc1cc(NC(C)(C)C)ncc1-c1sc(C(=O)N(C)CC(C)(C)O)nc1C(=O)N1C2CCC1CC2. The smallest absolute Gasteiger partial charge is 0.282 e. The second kappa shape index (κ2) is 9.17. The second-order valence-corrected chi connectivity index (χ2v) is 12.6. The van der Waals surface area contributed by atoms with E-state index in [1.807, 2.05) is 17.9 Å². The van der Waals surface area contributed by atoms with E-state index in [1.54, 1.807) is 27.1 Å². The van der Waals surface area contributed by atoms with Crippen molar-refractivity contribution in [2.75, 3.05) is 18.9 Å². The second-order valence-electron chi connectivity index (χ2n) is 11.6. The van der Waals surface area contributed by atoms with Crippen LogP contribution < -0.4 is 5.32 Å². The highest BCUT2D eigenvalue weighted by Crippen LogP contribution is 2.41. The van der Waals surface area contributed by atoms with E-state index >= 15 is 0 Å². The molecule has 2 bridgehead atoms. The van der Waals surface area contributed by atoms with Gasteiger partial charge in [-0.15, -0.1) is 11.3 Å². The van der Waals surface area contributed by atoms with Gasteiger partial charge in [0.05, 0.1) is 10.5 Å². The molecular weight excluding hydrogens is 462 g/mol.